The van der Waals surface area contributed by atoms with Gasteiger partial charge in [-0.15, -0.1) is 12.4 Å². The number of anilines is 1. The van der Waals surface area contributed by atoms with Crippen LogP contribution in [0.25, 0.3) is 6.08 Å². The van der Waals surface area contributed by atoms with Gasteiger partial charge >= 0.3 is 6.03 Å². The molecule has 0 bridgehead atoms. The van der Waals surface area contributed by atoms with E-state index in [-0.39, 0.29) is 18.4 Å². The van der Waals surface area contributed by atoms with E-state index >= 15 is 0 Å². The third kappa shape index (κ3) is 5.66. The molecule has 3 amide bonds. The molecule has 3 heterocycles. The minimum absolute atomic E-state index is 0. The molecule has 1 aromatic heterocycles. The number of nitrogens with one attached hydrogen (secondary N) is 1. The summed E-state index contributed by atoms with van der Waals surface area (Å²) in [5.74, 6) is 0.120. The van der Waals surface area contributed by atoms with Gasteiger partial charge in [-0.1, -0.05) is 0 Å². The Bertz CT molecular complexity index is 719. The van der Waals surface area contributed by atoms with E-state index in [0.717, 1.165) is 50.4 Å². The molecule has 2 aliphatic rings. The van der Waals surface area contributed by atoms with Gasteiger partial charge in [-0.2, -0.15) is 0 Å². The molecule has 0 atom stereocenters. The maximum absolute atomic E-state index is 12.3. The number of nitrogens with zero attached hydrogens (tertiary/aromatic N) is 3. The van der Waals surface area contributed by atoms with Crippen molar-refractivity contribution in [3.8, 4) is 0 Å². The molecule has 0 aliphatic carbocycles. The summed E-state index contributed by atoms with van der Waals surface area (Å²) in [4.78, 5) is 31.9. The predicted octanol–water partition coefficient (Wildman–Crippen LogP) is 1.46. The van der Waals surface area contributed by atoms with Gasteiger partial charge in [-0.05, 0) is 31.1 Å². The zero-order valence-corrected chi connectivity index (χ0v) is 16.3. The molecule has 27 heavy (non-hydrogen) atoms. The van der Waals surface area contributed by atoms with E-state index in [1.807, 2.05) is 6.07 Å². The van der Waals surface area contributed by atoms with Gasteiger partial charge in [0.25, 0.3) is 0 Å². The predicted molar refractivity (Wildman–Crippen MR) is 106 cm³/mol. The van der Waals surface area contributed by atoms with Crippen molar-refractivity contribution in [2.45, 2.75) is 19.9 Å². The zero-order chi connectivity index (χ0) is 18.5. The molecule has 0 radical (unpaired) electrons. The second-order valence-corrected chi connectivity index (χ2v) is 6.63. The average Bonchev–Trinajstić information content (AvgIpc) is 2.63. The molecular formula is C18H26ClN5O3. The summed E-state index contributed by atoms with van der Waals surface area (Å²) in [7, 11) is 0. The number of rotatable bonds is 6. The van der Waals surface area contributed by atoms with Gasteiger partial charge in [0.1, 0.15) is 5.82 Å². The number of ether oxygens (including phenoxy) is 1. The molecule has 1 fully saturated rings. The summed E-state index contributed by atoms with van der Waals surface area (Å²) in [6, 6.07) is 1.81. The number of hydrogen-bond donors (Lipinski definition) is 2. The van der Waals surface area contributed by atoms with Crippen molar-refractivity contribution >= 4 is 36.2 Å². The lowest BCUT2D eigenvalue weighted by Crippen LogP contribution is -2.42. The van der Waals surface area contributed by atoms with E-state index in [1.165, 1.54) is 0 Å². The number of carbonyl (C=O) groups is 2. The van der Waals surface area contributed by atoms with Crippen LogP contribution >= 0.6 is 12.4 Å². The summed E-state index contributed by atoms with van der Waals surface area (Å²) in [6.45, 7) is 7.29. The summed E-state index contributed by atoms with van der Waals surface area (Å²) in [5, 5.41) is 2.83. The second-order valence-electron chi connectivity index (χ2n) is 6.63. The third-order valence-electron chi connectivity index (χ3n) is 4.64. The van der Waals surface area contributed by atoms with Crippen molar-refractivity contribution in [3.63, 3.8) is 0 Å². The fourth-order valence-corrected chi connectivity index (χ4v) is 3.11. The van der Waals surface area contributed by atoms with Gasteiger partial charge in [0, 0.05) is 43.5 Å². The largest absolute Gasteiger partial charge is 0.379 e. The van der Waals surface area contributed by atoms with Crippen LogP contribution in [0, 0.1) is 0 Å². The Hall–Kier alpha value is -2.16. The molecule has 0 spiro atoms. The number of halogens is 1. The summed E-state index contributed by atoms with van der Waals surface area (Å²) < 4.78 is 5.35. The van der Waals surface area contributed by atoms with Crippen LogP contribution in [0.2, 0.25) is 0 Å². The van der Waals surface area contributed by atoms with Crippen LogP contribution in [-0.4, -0.2) is 66.1 Å². The first-order valence-electron chi connectivity index (χ1n) is 8.86. The average molecular weight is 396 g/mol. The van der Waals surface area contributed by atoms with Crippen molar-refractivity contribution in [1.29, 1.82) is 0 Å². The van der Waals surface area contributed by atoms with Gasteiger partial charge in [0.2, 0.25) is 5.91 Å². The van der Waals surface area contributed by atoms with E-state index in [4.69, 9.17) is 10.5 Å². The SMILES string of the molecule is CC(=Cc1cnc2c(c1)CN(CCCN1CCOCC1)C(=O)N2)C(N)=O.Cl. The lowest BCUT2D eigenvalue weighted by molar-refractivity contribution is -0.114. The lowest BCUT2D eigenvalue weighted by atomic mass is 10.1. The Morgan fingerprint density at radius 3 is 2.81 bits per heavy atom. The van der Waals surface area contributed by atoms with Crippen LogP contribution < -0.4 is 11.1 Å². The molecule has 9 heteroatoms. The first-order chi connectivity index (χ1) is 12.5. The van der Waals surface area contributed by atoms with Gasteiger partial charge in [0.15, 0.2) is 0 Å². The van der Waals surface area contributed by atoms with E-state index in [0.29, 0.717) is 24.5 Å². The highest BCUT2D eigenvalue weighted by Gasteiger charge is 2.23. The van der Waals surface area contributed by atoms with Gasteiger partial charge in [-0.25, -0.2) is 9.78 Å². The zero-order valence-electron chi connectivity index (χ0n) is 15.4. The third-order valence-corrected chi connectivity index (χ3v) is 4.64. The molecule has 148 valence electrons. The minimum atomic E-state index is -0.458. The van der Waals surface area contributed by atoms with Gasteiger partial charge in [-0.3, -0.25) is 15.0 Å². The molecule has 0 saturated carbocycles. The van der Waals surface area contributed by atoms with Crippen molar-refractivity contribution in [2.24, 2.45) is 5.73 Å². The van der Waals surface area contributed by atoms with E-state index in [9.17, 15) is 9.59 Å². The van der Waals surface area contributed by atoms with E-state index in [2.05, 4.69) is 15.2 Å². The van der Waals surface area contributed by atoms with Crippen LogP contribution in [0.15, 0.2) is 17.8 Å². The molecule has 0 aromatic carbocycles. The maximum atomic E-state index is 12.3. The van der Waals surface area contributed by atoms with E-state index in [1.54, 1.807) is 24.1 Å². The number of aromatic nitrogens is 1. The molecule has 2 aliphatic heterocycles. The second kappa shape index (κ2) is 9.68. The highest BCUT2D eigenvalue weighted by Crippen LogP contribution is 2.23. The number of amides is 3. The minimum Gasteiger partial charge on any atom is -0.379 e. The highest BCUT2D eigenvalue weighted by atomic mass is 35.5. The van der Waals surface area contributed by atoms with Crippen molar-refractivity contribution < 1.29 is 14.3 Å². The number of nitrogens with two attached hydrogens (primary N) is 1. The standard InChI is InChI=1S/C18H25N5O3.ClH/c1-13(16(19)24)9-14-10-15-12-23(18(25)21-17(15)20-11-14)4-2-3-22-5-7-26-8-6-22;/h9-11H,2-8,12H2,1H3,(H2,19,24)(H,20,21,25);1H. The topological polar surface area (TPSA) is 101 Å². The first kappa shape index (κ1) is 21.1. The van der Waals surface area contributed by atoms with Crippen LogP contribution in [0.1, 0.15) is 24.5 Å². The maximum Gasteiger partial charge on any atom is 0.323 e. The Labute approximate surface area is 165 Å². The molecule has 3 N–H and O–H groups in total. The van der Waals surface area contributed by atoms with Crippen LogP contribution in [0.3, 0.4) is 0 Å². The number of pyridine rings is 1. The van der Waals surface area contributed by atoms with Crippen LogP contribution in [-0.2, 0) is 16.1 Å². The van der Waals surface area contributed by atoms with Crippen molar-refractivity contribution in [2.75, 3.05) is 44.7 Å². The molecule has 8 nitrogen and oxygen atoms in total. The fraction of sp³-hybridized carbons (Fsp3) is 0.500. The first-order valence-corrected chi connectivity index (χ1v) is 8.86. The number of primary amides is 1. The molecule has 1 saturated heterocycles. The number of morpholine rings is 1. The number of carbonyl (C=O) groups excluding carboxylic acids is 2. The Morgan fingerprint density at radius 2 is 2.11 bits per heavy atom. The Balaban J connectivity index is 0.00000261. The molecule has 0 unspecified atom stereocenters. The number of fused-ring (bicyclic) bond motifs is 1. The Morgan fingerprint density at radius 1 is 1.37 bits per heavy atom. The molecule has 3 rings (SSSR count). The lowest BCUT2D eigenvalue weighted by Gasteiger charge is -2.31. The molecule has 1 aromatic rings. The van der Waals surface area contributed by atoms with Gasteiger partial charge in [0.05, 0.1) is 19.8 Å². The Kier molecular flexibility index (Phi) is 7.58. The van der Waals surface area contributed by atoms with Crippen molar-refractivity contribution in [1.82, 2.24) is 14.8 Å². The van der Waals surface area contributed by atoms with Crippen LogP contribution in [0.4, 0.5) is 10.6 Å². The normalized spacial score (nSPS) is 17.7. The summed E-state index contributed by atoms with van der Waals surface area (Å²) in [6.07, 6.45) is 4.24. The summed E-state index contributed by atoms with van der Waals surface area (Å²) in [5.41, 5.74) is 7.47. The monoisotopic (exact) mass is 395 g/mol. The number of hydrogen-bond acceptors (Lipinski definition) is 5. The van der Waals surface area contributed by atoms with Crippen LogP contribution in [0.5, 0.6) is 0 Å². The number of urea groups is 1. The summed E-state index contributed by atoms with van der Waals surface area (Å²) >= 11 is 0. The van der Waals surface area contributed by atoms with Crippen molar-refractivity contribution in [3.05, 3.63) is 29.0 Å². The quantitative estimate of drug-likeness (QED) is 0.710. The molecular weight excluding hydrogens is 370 g/mol. The fourth-order valence-electron chi connectivity index (χ4n) is 3.11. The highest BCUT2D eigenvalue weighted by molar-refractivity contribution is 5.96. The van der Waals surface area contributed by atoms with E-state index < -0.39 is 5.91 Å². The smallest absolute Gasteiger partial charge is 0.323 e. The van der Waals surface area contributed by atoms with Gasteiger partial charge < -0.3 is 15.4 Å².